The van der Waals surface area contributed by atoms with Crippen molar-refractivity contribution in [1.82, 2.24) is 29.3 Å². The van der Waals surface area contributed by atoms with Crippen LogP contribution < -0.4 is 14.8 Å². The molecule has 5 aromatic rings. The van der Waals surface area contributed by atoms with E-state index in [-0.39, 0.29) is 40.9 Å². The molecule has 0 saturated carbocycles. The van der Waals surface area contributed by atoms with Crippen molar-refractivity contribution in [3.8, 4) is 28.5 Å². The highest BCUT2D eigenvalue weighted by molar-refractivity contribution is 6.09. The molecule has 44 heavy (non-hydrogen) atoms. The summed E-state index contributed by atoms with van der Waals surface area (Å²) < 4.78 is 46.2. The minimum absolute atomic E-state index is 0.00194. The molecule has 12 nitrogen and oxygen atoms in total. The van der Waals surface area contributed by atoms with E-state index in [0.717, 1.165) is 5.56 Å². The second kappa shape index (κ2) is 12.8. The van der Waals surface area contributed by atoms with E-state index >= 15 is 0 Å². The zero-order chi connectivity index (χ0) is 30.6. The second-order valence-electron chi connectivity index (χ2n) is 10.1. The number of fused-ring (bicyclic) bond motifs is 1. The summed E-state index contributed by atoms with van der Waals surface area (Å²) in [5, 5.41) is 21.1. The average Bonchev–Trinajstić information content (AvgIpc) is 3.61. The number of ether oxygens (including phenoxy) is 3. The van der Waals surface area contributed by atoms with Crippen LogP contribution in [0.25, 0.3) is 16.9 Å². The van der Waals surface area contributed by atoms with Crippen molar-refractivity contribution in [2.45, 2.75) is 19.2 Å². The summed E-state index contributed by atoms with van der Waals surface area (Å²) in [6, 6.07) is 13.5. The topological polar surface area (TPSA) is 128 Å². The van der Waals surface area contributed by atoms with Gasteiger partial charge in [-0.2, -0.15) is 19.0 Å². The summed E-state index contributed by atoms with van der Waals surface area (Å²) in [4.78, 5) is 19.6. The van der Waals surface area contributed by atoms with E-state index in [4.69, 9.17) is 14.2 Å². The van der Waals surface area contributed by atoms with Gasteiger partial charge in [0, 0.05) is 38.7 Å². The number of aliphatic hydroxyl groups excluding tert-OH is 1. The smallest absolute Gasteiger partial charge is 0.387 e. The third kappa shape index (κ3) is 6.37. The molecule has 2 N–H and O–H groups in total. The number of anilines is 1. The van der Waals surface area contributed by atoms with Crippen LogP contribution in [-0.4, -0.2) is 79.3 Å². The van der Waals surface area contributed by atoms with E-state index in [0.29, 0.717) is 43.4 Å². The predicted molar refractivity (Wildman–Crippen MR) is 155 cm³/mol. The van der Waals surface area contributed by atoms with E-state index in [1.165, 1.54) is 33.6 Å². The van der Waals surface area contributed by atoms with Gasteiger partial charge in [0.1, 0.15) is 28.5 Å². The number of nitrogens with zero attached hydrogens (tertiary/aromatic N) is 6. The molecule has 2 aromatic carbocycles. The van der Waals surface area contributed by atoms with Crippen LogP contribution in [0.15, 0.2) is 73.3 Å². The largest absolute Gasteiger partial charge is 0.457 e. The molecule has 4 heterocycles. The molecule has 3 aromatic heterocycles. The van der Waals surface area contributed by atoms with E-state index in [2.05, 4.69) is 25.4 Å². The van der Waals surface area contributed by atoms with E-state index in [1.807, 2.05) is 18.2 Å². The van der Waals surface area contributed by atoms with Crippen molar-refractivity contribution in [2.24, 2.45) is 7.05 Å². The lowest BCUT2D eigenvalue weighted by Crippen LogP contribution is -2.46. The number of nitrogens with one attached hydrogen (secondary N) is 1. The van der Waals surface area contributed by atoms with Crippen LogP contribution in [0.5, 0.6) is 17.2 Å². The second-order valence-corrected chi connectivity index (χ2v) is 10.1. The van der Waals surface area contributed by atoms with Crippen LogP contribution in [0.4, 0.5) is 14.5 Å². The number of rotatable bonds is 10. The van der Waals surface area contributed by atoms with Crippen molar-refractivity contribution < 1.29 is 32.9 Å². The lowest BCUT2D eigenvalue weighted by Gasteiger charge is -2.34. The van der Waals surface area contributed by atoms with Gasteiger partial charge in [0.15, 0.2) is 5.65 Å². The highest BCUT2D eigenvalue weighted by Gasteiger charge is 2.24. The fourth-order valence-electron chi connectivity index (χ4n) is 5.06. The Labute approximate surface area is 250 Å². The first kappa shape index (κ1) is 29.2. The Hall–Kier alpha value is -4.92. The van der Waals surface area contributed by atoms with Crippen LogP contribution in [0.2, 0.25) is 0 Å². The fourth-order valence-corrected chi connectivity index (χ4v) is 5.06. The molecule has 1 aliphatic heterocycles. The normalized spacial score (nSPS) is 15.5. The lowest BCUT2D eigenvalue weighted by atomic mass is 10.1. The van der Waals surface area contributed by atoms with Crippen molar-refractivity contribution in [1.29, 1.82) is 0 Å². The van der Waals surface area contributed by atoms with Gasteiger partial charge in [0.05, 0.1) is 43.3 Å². The monoisotopic (exact) mass is 605 g/mol. The number of carbonyl (C=O) groups is 1. The van der Waals surface area contributed by atoms with Crippen LogP contribution in [0.3, 0.4) is 0 Å². The Kier molecular flexibility index (Phi) is 8.45. The van der Waals surface area contributed by atoms with Gasteiger partial charge in [-0.15, -0.1) is 0 Å². The van der Waals surface area contributed by atoms with Crippen molar-refractivity contribution in [3.05, 3.63) is 84.4 Å². The third-order valence-corrected chi connectivity index (χ3v) is 7.10. The van der Waals surface area contributed by atoms with Gasteiger partial charge in [0.2, 0.25) is 0 Å². The first-order chi connectivity index (χ1) is 21.4. The lowest BCUT2D eigenvalue weighted by molar-refractivity contribution is -0.0495. The Morgan fingerprint density at radius 1 is 1.20 bits per heavy atom. The third-order valence-electron chi connectivity index (χ3n) is 7.10. The Morgan fingerprint density at radius 2 is 2.07 bits per heavy atom. The standard InChI is InChI=1S/C30H29F2N7O5/c1-37-16-25(35-29(41)24-14-34-39-9-3-8-33-28(24)39)27(36-37)23-13-22(6-7-26(23)44-30(31)32)43-21-5-2-4-19(12-21)15-38-10-11-42-18-20(38)17-40/h2-9,12-14,16,20,30,40H,10-11,15,17-18H2,1H3,(H,35,41)/t20-/m1/s1. The number of morpholine rings is 1. The quantitative estimate of drug-likeness (QED) is 0.243. The number of aromatic nitrogens is 5. The van der Waals surface area contributed by atoms with E-state index in [1.54, 1.807) is 37.8 Å². The van der Waals surface area contributed by atoms with Crippen molar-refractivity contribution in [2.75, 3.05) is 31.7 Å². The summed E-state index contributed by atoms with van der Waals surface area (Å²) in [6.07, 6.45) is 6.16. The van der Waals surface area contributed by atoms with Gasteiger partial charge in [-0.3, -0.25) is 14.4 Å². The average molecular weight is 606 g/mol. The highest BCUT2D eigenvalue weighted by atomic mass is 19.3. The molecule has 14 heteroatoms. The zero-order valence-electron chi connectivity index (χ0n) is 23.6. The number of amides is 1. The van der Waals surface area contributed by atoms with Gasteiger partial charge in [-0.1, -0.05) is 12.1 Å². The Morgan fingerprint density at radius 3 is 2.91 bits per heavy atom. The molecule has 1 amide bonds. The number of halogens is 2. The van der Waals surface area contributed by atoms with Gasteiger partial charge in [-0.05, 0) is 42.0 Å². The zero-order valence-corrected chi connectivity index (χ0v) is 23.6. The Balaban J connectivity index is 1.28. The van der Waals surface area contributed by atoms with Crippen LogP contribution >= 0.6 is 0 Å². The Bertz CT molecular complexity index is 1780. The van der Waals surface area contributed by atoms with Crippen molar-refractivity contribution in [3.63, 3.8) is 0 Å². The number of alkyl halides is 2. The first-order valence-electron chi connectivity index (χ1n) is 13.8. The molecule has 1 aliphatic rings. The summed E-state index contributed by atoms with van der Waals surface area (Å²) >= 11 is 0. The van der Waals surface area contributed by atoms with Crippen LogP contribution in [0.1, 0.15) is 15.9 Å². The minimum atomic E-state index is -3.09. The fraction of sp³-hybridized carbons (Fsp3) is 0.267. The number of hydrogen-bond acceptors (Lipinski definition) is 9. The maximum atomic E-state index is 13.4. The molecule has 1 fully saturated rings. The number of hydrogen-bond donors (Lipinski definition) is 2. The molecule has 0 bridgehead atoms. The molecular formula is C30H29F2N7O5. The molecule has 0 aliphatic carbocycles. The van der Waals surface area contributed by atoms with Crippen LogP contribution in [-0.2, 0) is 18.3 Å². The van der Waals surface area contributed by atoms with Crippen LogP contribution in [0, 0.1) is 0 Å². The molecule has 0 spiro atoms. The molecular weight excluding hydrogens is 576 g/mol. The van der Waals surface area contributed by atoms with E-state index < -0.39 is 12.5 Å². The van der Waals surface area contributed by atoms with Crippen molar-refractivity contribution >= 4 is 17.2 Å². The number of carbonyl (C=O) groups excluding carboxylic acids is 1. The molecule has 0 unspecified atom stereocenters. The van der Waals surface area contributed by atoms with Gasteiger partial charge >= 0.3 is 6.61 Å². The van der Waals surface area contributed by atoms with E-state index in [9.17, 15) is 18.7 Å². The molecule has 1 atom stereocenters. The SMILES string of the molecule is Cn1cc(NC(=O)c2cnn3cccnc23)c(-c2cc(Oc3cccc(CN4CCOC[C@H]4CO)c3)ccc2OC(F)F)n1. The molecule has 228 valence electrons. The summed E-state index contributed by atoms with van der Waals surface area (Å²) in [6.45, 7) is -0.743. The molecule has 0 radical (unpaired) electrons. The maximum Gasteiger partial charge on any atom is 0.387 e. The predicted octanol–water partition coefficient (Wildman–Crippen LogP) is 3.97. The first-order valence-corrected chi connectivity index (χ1v) is 13.8. The number of aryl methyl sites for hydroxylation is 1. The van der Waals surface area contributed by atoms with Gasteiger partial charge in [0.25, 0.3) is 5.91 Å². The van der Waals surface area contributed by atoms with Gasteiger partial charge < -0.3 is 24.6 Å². The summed E-state index contributed by atoms with van der Waals surface area (Å²) in [7, 11) is 1.64. The summed E-state index contributed by atoms with van der Waals surface area (Å²) in [5.41, 5.74) is 2.20. The molecule has 6 rings (SSSR count). The number of aliphatic hydroxyl groups is 1. The highest BCUT2D eigenvalue weighted by Crippen LogP contribution is 2.39. The minimum Gasteiger partial charge on any atom is -0.457 e. The molecule has 1 saturated heterocycles. The van der Waals surface area contributed by atoms with Gasteiger partial charge in [-0.25, -0.2) is 9.50 Å². The number of benzene rings is 2. The maximum absolute atomic E-state index is 13.4. The summed E-state index contributed by atoms with van der Waals surface area (Å²) in [5.74, 6) is 0.223.